The summed E-state index contributed by atoms with van der Waals surface area (Å²) in [4.78, 5) is 2.27. The number of aliphatic hydroxyl groups is 1. The Bertz CT molecular complexity index is 107. The van der Waals surface area contributed by atoms with E-state index >= 15 is 0 Å². The Morgan fingerprint density at radius 3 is 2.46 bits per heavy atom. The van der Waals surface area contributed by atoms with Gasteiger partial charge in [-0.05, 0) is 26.1 Å². The second kappa shape index (κ2) is 8.48. The molecular weight excluding hydrogens is 164 g/mol. The third kappa shape index (κ3) is 8.22. The molecule has 0 heterocycles. The molecule has 13 heavy (non-hydrogen) atoms. The highest BCUT2D eigenvalue weighted by Crippen LogP contribution is 1.90. The zero-order valence-corrected chi connectivity index (χ0v) is 9.21. The first kappa shape index (κ1) is 12.9. The Morgan fingerprint density at radius 1 is 1.31 bits per heavy atom. The summed E-state index contributed by atoms with van der Waals surface area (Å²) in [6.07, 6.45) is 1.16. The van der Waals surface area contributed by atoms with Gasteiger partial charge >= 0.3 is 0 Å². The van der Waals surface area contributed by atoms with Gasteiger partial charge in [0, 0.05) is 12.6 Å². The fourth-order valence-corrected chi connectivity index (χ4v) is 1.26. The van der Waals surface area contributed by atoms with Crippen LogP contribution in [-0.2, 0) is 0 Å². The van der Waals surface area contributed by atoms with Crippen molar-refractivity contribution < 1.29 is 5.11 Å². The van der Waals surface area contributed by atoms with Gasteiger partial charge in [-0.1, -0.05) is 20.8 Å². The normalized spacial score (nSPS) is 11.5. The summed E-state index contributed by atoms with van der Waals surface area (Å²) in [5.41, 5.74) is 0. The molecule has 2 N–H and O–H groups in total. The lowest BCUT2D eigenvalue weighted by Gasteiger charge is -2.19. The summed E-state index contributed by atoms with van der Waals surface area (Å²) in [5.74, 6) is 0. The molecule has 3 heteroatoms. The van der Waals surface area contributed by atoms with E-state index < -0.39 is 0 Å². The van der Waals surface area contributed by atoms with Crippen molar-refractivity contribution in [1.29, 1.82) is 0 Å². The lowest BCUT2D eigenvalue weighted by atomic mass is 10.3. The summed E-state index contributed by atoms with van der Waals surface area (Å²) in [6, 6.07) is 0.577. The van der Waals surface area contributed by atoms with Crippen LogP contribution in [0.1, 0.15) is 27.2 Å². The monoisotopic (exact) mass is 188 g/mol. The zero-order valence-electron chi connectivity index (χ0n) is 9.21. The van der Waals surface area contributed by atoms with Gasteiger partial charge in [-0.3, -0.25) is 0 Å². The molecule has 0 aliphatic carbocycles. The number of nitrogens with one attached hydrogen (secondary N) is 1. The molecule has 0 rings (SSSR count). The highest BCUT2D eigenvalue weighted by atomic mass is 16.3. The molecule has 0 unspecified atom stereocenters. The second-order valence-electron chi connectivity index (χ2n) is 3.62. The molecule has 0 aromatic heterocycles. The van der Waals surface area contributed by atoms with Crippen LogP contribution in [0.4, 0.5) is 0 Å². The smallest absolute Gasteiger partial charge is 0.0558 e. The Labute approximate surface area is 82.1 Å². The molecule has 0 aliphatic rings. The van der Waals surface area contributed by atoms with E-state index in [-0.39, 0.29) is 6.61 Å². The number of likely N-dealkylation sites (N-methyl/N-ethyl adjacent to an activating group) is 1. The molecule has 0 saturated heterocycles. The van der Waals surface area contributed by atoms with E-state index in [1.54, 1.807) is 0 Å². The van der Waals surface area contributed by atoms with E-state index in [1.165, 1.54) is 0 Å². The van der Waals surface area contributed by atoms with Crippen LogP contribution in [0.2, 0.25) is 0 Å². The van der Waals surface area contributed by atoms with Gasteiger partial charge in [0.1, 0.15) is 0 Å². The number of aliphatic hydroxyl groups excluding tert-OH is 1. The van der Waals surface area contributed by atoms with Crippen LogP contribution in [-0.4, -0.2) is 48.8 Å². The first-order valence-electron chi connectivity index (χ1n) is 5.27. The predicted octanol–water partition coefficient (Wildman–Crippen LogP) is 0.689. The molecular formula is C10H24N2O. The van der Waals surface area contributed by atoms with Gasteiger partial charge in [0.25, 0.3) is 0 Å². The molecule has 0 amide bonds. The van der Waals surface area contributed by atoms with Gasteiger partial charge < -0.3 is 15.3 Å². The molecule has 0 saturated carbocycles. The van der Waals surface area contributed by atoms with Crippen LogP contribution >= 0.6 is 0 Å². The van der Waals surface area contributed by atoms with Crippen LogP contribution in [0.25, 0.3) is 0 Å². The number of hydrogen-bond acceptors (Lipinski definition) is 3. The fraction of sp³-hybridized carbons (Fsp3) is 1.00. The van der Waals surface area contributed by atoms with Crippen molar-refractivity contribution in [3.05, 3.63) is 0 Å². The molecule has 0 radical (unpaired) electrons. The van der Waals surface area contributed by atoms with E-state index in [0.29, 0.717) is 6.04 Å². The quantitative estimate of drug-likeness (QED) is 0.550. The van der Waals surface area contributed by atoms with Crippen molar-refractivity contribution in [1.82, 2.24) is 10.2 Å². The molecule has 3 nitrogen and oxygen atoms in total. The van der Waals surface area contributed by atoms with Gasteiger partial charge in [0.05, 0.1) is 6.61 Å². The average Bonchev–Trinajstić information content (AvgIpc) is 2.10. The first-order chi connectivity index (χ1) is 6.20. The highest BCUT2D eigenvalue weighted by molar-refractivity contribution is 4.58. The second-order valence-corrected chi connectivity index (χ2v) is 3.62. The standard InChI is InChI=1S/C10H24N2O/c1-4-12(8-9-13)7-5-6-11-10(2)3/h10-11,13H,4-9H2,1-3H3. The van der Waals surface area contributed by atoms with Crippen molar-refractivity contribution in [2.75, 3.05) is 32.8 Å². The molecule has 0 spiro atoms. The summed E-state index contributed by atoms with van der Waals surface area (Å²) in [6.45, 7) is 10.7. The van der Waals surface area contributed by atoms with Gasteiger partial charge in [-0.15, -0.1) is 0 Å². The Balaban J connectivity index is 3.27. The summed E-state index contributed by atoms with van der Waals surface area (Å²) in [5, 5.41) is 12.1. The largest absolute Gasteiger partial charge is 0.395 e. The average molecular weight is 188 g/mol. The van der Waals surface area contributed by atoms with E-state index in [0.717, 1.165) is 32.6 Å². The van der Waals surface area contributed by atoms with Crippen LogP contribution in [0.15, 0.2) is 0 Å². The minimum atomic E-state index is 0.269. The first-order valence-corrected chi connectivity index (χ1v) is 5.27. The van der Waals surface area contributed by atoms with Gasteiger partial charge in [-0.2, -0.15) is 0 Å². The number of nitrogens with zero attached hydrogens (tertiary/aromatic N) is 1. The van der Waals surface area contributed by atoms with Crippen LogP contribution in [0.3, 0.4) is 0 Å². The summed E-state index contributed by atoms with van der Waals surface area (Å²) in [7, 11) is 0. The highest BCUT2D eigenvalue weighted by Gasteiger charge is 2.00. The van der Waals surface area contributed by atoms with E-state index in [2.05, 4.69) is 31.0 Å². The molecule has 0 aromatic carbocycles. The van der Waals surface area contributed by atoms with Crippen molar-refractivity contribution in [3.63, 3.8) is 0 Å². The number of rotatable bonds is 8. The van der Waals surface area contributed by atoms with Gasteiger partial charge in [-0.25, -0.2) is 0 Å². The molecule has 80 valence electrons. The maximum absolute atomic E-state index is 8.76. The Hall–Kier alpha value is -0.120. The van der Waals surface area contributed by atoms with E-state index in [4.69, 9.17) is 5.11 Å². The van der Waals surface area contributed by atoms with Crippen LogP contribution < -0.4 is 5.32 Å². The van der Waals surface area contributed by atoms with Crippen molar-refractivity contribution in [3.8, 4) is 0 Å². The van der Waals surface area contributed by atoms with E-state index in [1.807, 2.05) is 0 Å². The molecule has 0 aliphatic heterocycles. The summed E-state index contributed by atoms with van der Waals surface area (Å²) >= 11 is 0. The third-order valence-electron chi connectivity index (χ3n) is 2.07. The Morgan fingerprint density at radius 2 is 2.00 bits per heavy atom. The lowest BCUT2D eigenvalue weighted by Crippen LogP contribution is -2.31. The summed E-state index contributed by atoms with van der Waals surface area (Å²) < 4.78 is 0. The maximum atomic E-state index is 8.76. The minimum Gasteiger partial charge on any atom is -0.395 e. The molecule has 0 fully saturated rings. The molecule has 0 aromatic rings. The van der Waals surface area contributed by atoms with Crippen LogP contribution in [0, 0.1) is 0 Å². The van der Waals surface area contributed by atoms with Crippen molar-refractivity contribution >= 4 is 0 Å². The fourth-order valence-electron chi connectivity index (χ4n) is 1.26. The zero-order chi connectivity index (χ0) is 10.1. The van der Waals surface area contributed by atoms with Crippen molar-refractivity contribution in [2.45, 2.75) is 33.2 Å². The minimum absolute atomic E-state index is 0.269. The molecule has 0 bridgehead atoms. The Kier molecular flexibility index (Phi) is 8.40. The lowest BCUT2D eigenvalue weighted by molar-refractivity contribution is 0.200. The van der Waals surface area contributed by atoms with Gasteiger partial charge in [0.2, 0.25) is 0 Å². The maximum Gasteiger partial charge on any atom is 0.0558 e. The SMILES string of the molecule is CCN(CCO)CCCNC(C)C. The predicted molar refractivity (Wildman–Crippen MR) is 57.0 cm³/mol. The topological polar surface area (TPSA) is 35.5 Å². The molecule has 0 atom stereocenters. The number of hydrogen-bond donors (Lipinski definition) is 2. The van der Waals surface area contributed by atoms with E-state index in [9.17, 15) is 0 Å². The van der Waals surface area contributed by atoms with Crippen LogP contribution in [0.5, 0.6) is 0 Å². The third-order valence-corrected chi connectivity index (χ3v) is 2.07. The van der Waals surface area contributed by atoms with Gasteiger partial charge in [0.15, 0.2) is 0 Å². The van der Waals surface area contributed by atoms with Crippen molar-refractivity contribution in [2.24, 2.45) is 0 Å².